The summed E-state index contributed by atoms with van der Waals surface area (Å²) >= 11 is 0. The number of benzene rings is 1. The van der Waals surface area contributed by atoms with Gasteiger partial charge in [-0.2, -0.15) is 5.10 Å². The van der Waals surface area contributed by atoms with Crippen molar-refractivity contribution >= 4 is 23.7 Å². The molecule has 5 nitrogen and oxygen atoms in total. The number of methoxy groups -OCH3 is 1. The molecule has 20 heavy (non-hydrogen) atoms. The number of aliphatic imine (C=N–C) groups is 1. The van der Waals surface area contributed by atoms with Crippen LogP contribution in [0.5, 0.6) is 5.75 Å². The van der Waals surface area contributed by atoms with Gasteiger partial charge in [0.05, 0.1) is 12.8 Å². The zero-order valence-electron chi connectivity index (χ0n) is 12.1. The molecule has 0 bridgehead atoms. The first-order valence-corrected chi connectivity index (χ1v) is 6.05. The predicted octanol–water partition coefficient (Wildman–Crippen LogP) is 2.65. The van der Waals surface area contributed by atoms with Crippen molar-refractivity contribution < 1.29 is 4.74 Å². The van der Waals surface area contributed by atoms with Crippen molar-refractivity contribution in [2.45, 2.75) is 6.92 Å². The fraction of sp³-hybridized carbons (Fsp3) is 0.200. The molecule has 0 aliphatic heterocycles. The van der Waals surface area contributed by atoms with Crippen LogP contribution in [0.1, 0.15) is 12.5 Å². The molecule has 0 aliphatic rings. The predicted molar refractivity (Wildman–Crippen MR) is 86.4 cm³/mol. The summed E-state index contributed by atoms with van der Waals surface area (Å²) < 4.78 is 5.43. The van der Waals surface area contributed by atoms with E-state index >= 15 is 0 Å². The highest BCUT2D eigenvalue weighted by Crippen LogP contribution is 2.31. The summed E-state index contributed by atoms with van der Waals surface area (Å²) in [5.74, 6) is 0.678. The maximum Gasteiger partial charge on any atom is 0.128 e. The van der Waals surface area contributed by atoms with Crippen molar-refractivity contribution in [2.75, 3.05) is 19.2 Å². The minimum Gasteiger partial charge on any atom is -0.496 e. The Morgan fingerprint density at radius 1 is 1.45 bits per heavy atom. The van der Waals surface area contributed by atoms with Crippen molar-refractivity contribution in [3.8, 4) is 5.75 Å². The molecule has 0 aliphatic carbocycles. The number of hydrogen-bond acceptors (Lipinski definition) is 5. The van der Waals surface area contributed by atoms with Crippen LogP contribution in [0.4, 0.5) is 5.69 Å². The summed E-state index contributed by atoms with van der Waals surface area (Å²) in [4.78, 5) is 4.16. The van der Waals surface area contributed by atoms with Gasteiger partial charge in [0.2, 0.25) is 0 Å². The largest absolute Gasteiger partial charge is 0.496 e. The van der Waals surface area contributed by atoms with Gasteiger partial charge >= 0.3 is 0 Å². The number of hydrogen-bond donors (Lipinski definition) is 1. The molecule has 0 aromatic heterocycles. The first-order chi connectivity index (χ1) is 9.62. The van der Waals surface area contributed by atoms with Gasteiger partial charge in [-0.05, 0) is 19.1 Å². The Labute approximate surface area is 119 Å². The Balaban J connectivity index is 3.37. The number of nitrogens with zero attached hydrogens (tertiary/aromatic N) is 3. The minimum absolute atomic E-state index is 0.678. The Kier molecular flexibility index (Phi) is 5.53. The van der Waals surface area contributed by atoms with E-state index in [9.17, 15) is 0 Å². The lowest BCUT2D eigenvalue weighted by atomic mass is 10.0. The van der Waals surface area contributed by atoms with Gasteiger partial charge in [-0.1, -0.05) is 6.58 Å². The van der Waals surface area contributed by atoms with E-state index in [1.54, 1.807) is 25.4 Å². The van der Waals surface area contributed by atoms with Crippen LogP contribution in [0.2, 0.25) is 0 Å². The normalized spacial score (nSPS) is 11.9. The monoisotopic (exact) mass is 272 g/mol. The summed E-state index contributed by atoms with van der Waals surface area (Å²) in [5, 5.41) is 5.40. The molecule has 0 fully saturated rings. The Morgan fingerprint density at radius 2 is 2.15 bits per heavy atom. The van der Waals surface area contributed by atoms with Gasteiger partial charge in [0.25, 0.3) is 0 Å². The third kappa shape index (κ3) is 3.06. The summed E-state index contributed by atoms with van der Waals surface area (Å²) in [6.07, 6.45) is 3.09. The Morgan fingerprint density at radius 3 is 2.60 bits per heavy atom. The highest BCUT2D eigenvalue weighted by atomic mass is 16.5. The summed E-state index contributed by atoms with van der Waals surface area (Å²) in [7, 11) is 3.33. The van der Waals surface area contributed by atoms with Gasteiger partial charge in [-0.15, -0.1) is 0 Å². The number of rotatable bonds is 6. The highest BCUT2D eigenvalue weighted by Gasteiger charge is 2.13. The molecule has 0 saturated carbocycles. The molecule has 0 amide bonds. The van der Waals surface area contributed by atoms with E-state index in [0.717, 1.165) is 22.5 Å². The van der Waals surface area contributed by atoms with Crippen LogP contribution in [0, 0.1) is 0 Å². The number of ether oxygens (including phenoxy) is 1. The second-order valence-corrected chi connectivity index (χ2v) is 3.94. The van der Waals surface area contributed by atoms with E-state index in [1.807, 2.05) is 25.1 Å². The topological polar surface area (TPSA) is 63.2 Å². The fourth-order valence-electron chi connectivity index (χ4n) is 1.82. The summed E-state index contributed by atoms with van der Waals surface area (Å²) in [6.45, 7) is 9.07. The molecule has 1 aromatic rings. The lowest BCUT2D eigenvalue weighted by Crippen LogP contribution is -2.07. The van der Waals surface area contributed by atoms with Gasteiger partial charge in [0, 0.05) is 49.1 Å². The first-order valence-electron chi connectivity index (χ1n) is 6.05. The van der Waals surface area contributed by atoms with Gasteiger partial charge in [-0.25, -0.2) is 5.01 Å². The molecule has 0 spiro atoms. The second-order valence-electron chi connectivity index (χ2n) is 3.94. The molecule has 1 rings (SSSR count). The van der Waals surface area contributed by atoms with E-state index < -0.39 is 0 Å². The number of nitrogens with two attached hydrogens (primary N) is 1. The van der Waals surface area contributed by atoms with Crippen LogP contribution >= 0.6 is 0 Å². The quantitative estimate of drug-likeness (QED) is 0.639. The molecule has 0 atom stereocenters. The summed E-state index contributed by atoms with van der Waals surface area (Å²) in [5.41, 5.74) is 9.04. The zero-order chi connectivity index (χ0) is 15.1. The molecule has 1 aromatic carbocycles. The molecular weight excluding hydrogens is 252 g/mol. The molecule has 106 valence electrons. The first kappa shape index (κ1) is 15.5. The Hall–Kier alpha value is -2.56. The standard InChI is InChI=1S/C15H20N4O/c1-6-19(18-4)12-7-8-13(15(9-12)20-5)14(10-16)11(2)17-3/h6-10H,1,4,16H2,2-3,5H3/b14-10-,17-11?. The third-order valence-corrected chi connectivity index (χ3v) is 2.96. The van der Waals surface area contributed by atoms with Gasteiger partial charge in [0.1, 0.15) is 5.75 Å². The molecule has 0 unspecified atom stereocenters. The molecule has 0 saturated heterocycles. The van der Waals surface area contributed by atoms with Crippen molar-refractivity contribution in [3.05, 3.63) is 42.7 Å². The highest BCUT2D eigenvalue weighted by molar-refractivity contribution is 6.23. The second kappa shape index (κ2) is 7.13. The van der Waals surface area contributed by atoms with E-state index in [1.165, 1.54) is 6.20 Å². The Bertz CT molecular complexity index is 553. The van der Waals surface area contributed by atoms with E-state index in [-0.39, 0.29) is 0 Å². The molecule has 0 radical (unpaired) electrons. The van der Waals surface area contributed by atoms with Crippen LogP contribution < -0.4 is 15.5 Å². The van der Waals surface area contributed by atoms with Crippen LogP contribution in [0.3, 0.4) is 0 Å². The van der Waals surface area contributed by atoms with Crippen LogP contribution in [-0.2, 0) is 0 Å². The molecule has 2 N–H and O–H groups in total. The van der Waals surface area contributed by atoms with Crippen LogP contribution in [0.25, 0.3) is 5.57 Å². The van der Waals surface area contributed by atoms with Crippen molar-refractivity contribution in [2.24, 2.45) is 15.8 Å². The van der Waals surface area contributed by atoms with Crippen molar-refractivity contribution in [1.29, 1.82) is 0 Å². The third-order valence-electron chi connectivity index (χ3n) is 2.96. The smallest absolute Gasteiger partial charge is 0.128 e. The SMILES string of the molecule is C=CN(N=C)c1ccc(/C(=C\N)C(C)=NC)c(OC)c1. The number of hydrazone groups is 1. The van der Waals surface area contributed by atoms with E-state index in [2.05, 4.69) is 23.4 Å². The van der Waals surface area contributed by atoms with Crippen molar-refractivity contribution in [1.82, 2.24) is 0 Å². The molecular formula is C15H20N4O. The minimum atomic E-state index is 0.678. The van der Waals surface area contributed by atoms with Crippen molar-refractivity contribution in [3.63, 3.8) is 0 Å². The molecule has 0 heterocycles. The van der Waals surface area contributed by atoms with Gasteiger partial charge in [0.15, 0.2) is 0 Å². The number of anilines is 1. The van der Waals surface area contributed by atoms with E-state index in [4.69, 9.17) is 10.5 Å². The fourth-order valence-corrected chi connectivity index (χ4v) is 1.82. The summed E-state index contributed by atoms with van der Waals surface area (Å²) in [6, 6.07) is 5.64. The van der Waals surface area contributed by atoms with Crippen LogP contribution in [0.15, 0.2) is 47.3 Å². The zero-order valence-corrected chi connectivity index (χ0v) is 12.1. The van der Waals surface area contributed by atoms with Crippen LogP contribution in [-0.4, -0.2) is 26.6 Å². The van der Waals surface area contributed by atoms with Gasteiger partial charge < -0.3 is 10.5 Å². The average molecular weight is 272 g/mol. The lowest BCUT2D eigenvalue weighted by Gasteiger charge is -2.17. The maximum absolute atomic E-state index is 5.70. The average Bonchev–Trinajstić information content (AvgIpc) is 2.49. The maximum atomic E-state index is 5.70. The van der Waals surface area contributed by atoms with Gasteiger partial charge in [-0.3, -0.25) is 4.99 Å². The number of allylic oxidation sites excluding steroid dienone is 1. The lowest BCUT2D eigenvalue weighted by molar-refractivity contribution is 0.413. The van der Waals surface area contributed by atoms with E-state index in [0.29, 0.717) is 5.75 Å². The molecule has 5 heteroatoms.